The summed E-state index contributed by atoms with van der Waals surface area (Å²) in [7, 11) is 1.61. The Hall–Kier alpha value is -3.84. The summed E-state index contributed by atoms with van der Waals surface area (Å²) in [6, 6.07) is 26.1. The van der Waals surface area contributed by atoms with Crippen LogP contribution in [0.4, 0.5) is 5.69 Å². The molecular weight excluding hydrogens is 334 g/mol. The van der Waals surface area contributed by atoms with Gasteiger partial charge in [0.1, 0.15) is 11.8 Å². The van der Waals surface area contributed by atoms with Gasteiger partial charge in [0.15, 0.2) is 0 Å². The Morgan fingerprint density at radius 2 is 1.59 bits per heavy atom. The molecule has 4 nitrogen and oxygen atoms in total. The summed E-state index contributed by atoms with van der Waals surface area (Å²) in [5.74, 6) is 0.665. The van der Waals surface area contributed by atoms with Crippen LogP contribution in [0.15, 0.2) is 84.0 Å². The number of methoxy groups -OCH3 is 1. The van der Waals surface area contributed by atoms with Crippen LogP contribution in [0.1, 0.15) is 16.7 Å². The first-order valence-electron chi connectivity index (χ1n) is 8.59. The van der Waals surface area contributed by atoms with Crippen LogP contribution >= 0.6 is 0 Å². The van der Waals surface area contributed by atoms with Gasteiger partial charge < -0.3 is 9.72 Å². The van der Waals surface area contributed by atoms with Crippen molar-refractivity contribution in [1.82, 2.24) is 4.98 Å². The van der Waals surface area contributed by atoms with Crippen molar-refractivity contribution in [3.8, 4) is 11.8 Å². The van der Waals surface area contributed by atoms with Crippen molar-refractivity contribution in [2.75, 3.05) is 7.11 Å². The summed E-state index contributed by atoms with van der Waals surface area (Å²) in [5, 5.41) is 10.2. The van der Waals surface area contributed by atoms with Gasteiger partial charge in [-0.25, -0.2) is 4.99 Å². The highest BCUT2D eigenvalue weighted by Gasteiger charge is 2.13. The van der Waals surface area contributed by atoms with Crippen molar-refractivity contribution >= 4 is 22.3 Å². The Bertz CT molecular complexity index is 1110. The molecule has 0 radical (unpaired) electrons. The standard InChI is InChI=1S/C23H17N3O/c1-27-19-12-20-18(14-24)15-25-23(20)21(13-19)26-22(16-8-4-2-5-9-16)17-10-6-3-7-11-17/h2-13,15,25H,1H3. The van der Waals surface area contributed by atoms with Gasteiger partial charge in [-0.05, 0) is 6.07 Å². The molecule has 0 unspecified atom stereocenters. The molecule has 0 bridgehead atoms. The minimum atomic E-state index is 0.571. The fourth-order valence-electron chi connectivity index (χ4n) is 3.09. The number of hydrogen-bond donors (Lipinski definition) is 1. The fraction of sp³-hybridized carbons (Fsp3) is 0.0435. The Morgan fingerprint density at radius 1 is 0.963 bits per heavy atom. The predicted molar refractivity (Wildman–Crippen MR) is 108 cm³/mol. The van der Waals surface area contributed by atoms with Crippen LogP contribution in [-0.4, -0.2) is 17.8 Å². The van der Waals surface area contributed by atoms with Gasteiger partial charge in [0.2, 0.25) is 0 Å². The number of nitriles is 1. The molecule has 4 aromatic rings. The van der Waals surface area contributed by atoms with Crippen molar-refractivity contribution in [2.45, 2.75) is 0 Å². The van der Waals surface area contributed by atoms with E-state index in [4.69, 9.17) is 9.73 Å². The smallest absolute Gasteiger partial charge is 0.121 e. The predicted octanol–water partition coefficient (Wildman–Crippen LogP) is 5.22. The van der Waals surface area contributed by atoms with Crippen molar-refractivity contribution in [2.24, 2.45) is 4.99 Å². The molecule has 3 aromatic carbocycles. The van der Waals surface area contributed by atoms with Crippen molar-refractivity contribution in [1.29, 1.82) is 5.26 Å². The normalized spacial score (nSPS) is 10.4. The molecule has 0 atom stereocenters. The van der Waals surface area contributed by atoms with E-state index >= 15 is 0 Å². The lowest BCUT2D eigenvalue weighted by molar-refractivity contribution is 0.415. The van der Waals surface area contributed by atoms with Gasteiger partial charge in [0.25, 0.3) is 0 Å². The first kappa shape index (κ1) is 16.6. The Balaban J connectivity index is 1.99. The van der Waals surface area contributed by atoms with Crippen LogP contribution in [-0.2, 0) is 0 Å². The van der Waals surface area contributed by atoms with Crippen molar-refractivity contribution < 1.29 is 4.74 Å². The molecule has 4 rings (SSSR count). The van der Waals surface area contributed by atoms with Crippen molar-refractivity contribution in [3.05, 3.63) is 95.7 Å². The van der Waals surface area contributed by atoms with Crippen LogP contribution in [0.25, 0.3) is 10.9 Å². The van der Waals surface area contributed by atoms with Crippen LogP contribution < -0.4 is 4.74 Å². The number of benzene rings is 3. The molecule has 27 heavy (non-hydrogen) atoms. The number of ether oxygens (including phenoxy) is 1. The maximum Gasteiger partial charge on any atom is 0.121 e. The maximum atomic E-state index is 9.37. The zero-order valence-corrected chi connectivity index (χ0v) is 14.8. The van der Waals surface area contributed by atoms with Gasteiger partial charge in [-0.2, -0.15) is 5.26 Å². The second-order valence-electron chi connectivity index (χ2n) is 6.08. The Kier molecular flexibility index (Phi) is 4.42. The number of aliphatic imine (C=N–C) groups is 1. The molecule has 1 N–H and O–H groups in total. The van der Waals surface area contributed by atoms with Gasteiger partial charge in [-0.1, -0.05) is 60.7 Å². The number of fused-ring (bicyclic) bond motifs is 1. The fourth-order valence-corrected chi connectivity index (χ4v) is 3.09. The minimum absolute atomic E-state index is 0.571. The highest BCUT2D eigenvalue weighted by Crippen LogP contribution is 2.33. The summed E-state index contributed by atoms with van der Waals surface area (Å²) in [6.07, 6.45) is 1.70. The van der Waals surface area contributed by atoms with Crippen LogP contribution in [0.2, 0.25) is 0 Å². The van der Waals surface area contributed by atoms with E-state index < -0.39 is 0 Å². The van der Waals surface area contributed by atoms with E-state index in [0.717, 1.165) is 33.4 Å². The molecule has 0 aliphatic rings. The quantitative estimate of drug-likeness (QED) is 0.513. The second kappa shape index (κ2) is 7.19. The molecule has 0 aliphatic heterocycles. The highest BCUT2D eigenvalue weighted by molar-refractivity contribution is 6.15. The summed E-state index contributed by atoms with van der Waals surface area (Å²) in [5.41, 5.74) is 5.02. The average Bonchev–Trinajstić information content (AvgIpc) is 3.16. The molecular formula is C23H17N3O. The third-order valence-electron chi connectivity index (χ3n) is 4.42. The lowest BCUT2D eigenvalue weighted by atomic mass is 10.0. The van der Waals surface area contributed by atoms with Gasteiger partial charge in [-0.3, -0.25) is 0 Å². The summed E-state index contributed by atoms with van der Waals surface area (Å²) >= 11 is 0. The van der Waals surface area contributed by atoms with E-state index in [2.05, 4.69) is 11.1 Å². The largest absolute Gasteiger partial charge is 0.497 e. The third kappa shape index (κ3) is 3.19. The van der Waals surface area contributed by atoms with E-state index in [9.17, 15) is 5.26 Å². The lowest BCUT2D eigenvalue weighted by Gasteiger charge is -2.09. The summed E-state index contributed by atoms with van der Waals surface area (Å²) in [4.78, 5) is 8.16. The van der Waals surface area contributed by atoms with Gasteiger partial charge in [-0.15, -0.1) is 0 Å². The average molecular weight is 351 g/mol. The summed E-state index contributed by atoms with van der Waals surface area (Å²) < 4.78 is 5.43. The van der Waals surface area contributed by atoms with E-state index in [0.29, 0.717) is 11.3 Å². The molecule has 1 heterocycles. The third-order valence-corrected chi connectivity index (χ3v) is 4.42. The monoisotopic (exact) mass is 351 g/mol. The van der Waals surface area contributed by atoms with E-state index in [-0.39, 0.29) is 0 Å². The van der Waals surface area contributed by atoms with E-state index in [1.807, 2.05) is 72.8 Å². The molecule has 0 amide bonds. The number of nitrogens with one attached hydrogen (secondary N) is 1. The molecule has 4 heteroatoms. The molecule has 0 saturated carbocycles. The topological polar surface area (TPSA) is 61.2 Å². The zero-order chi connectivity index (χ0) is 18.6. The lowest BCUT2D eigenvalue weighted by Crippen LogP contribution is -2.02. The Labute approximate surface area is 157 Å². The highest BCUT2D eigenvalue weighted by atomic mass is 16.5. The molecule has 0 spiro atoms. The number of hydrogen-bond acceptors (Lipinski definition) is 3. The zero-order valence-electron chi connectivity index (χ0n) is 14.8. The van der Waals surface area contributed by atoms with E-state index in [1.165, 1.54) is 0 Å². The first-order chi connectivity index (χ1) is 13.3. The molecule has 1 aromatic heterocycles. The van der Waals surface area contributed by atoms with Gasteiger partial charge in [0.05, 0.1) is 29.6 Å². The minimum Gasteiger partial charge on any atom is -0.497 e. The molecule has 0 aliphatic carbocycles. The number of rotatable bonds is 4. The van der Waals surface area contributed by atoms with E-state index in [1.54, 1.807) is 13.3 Å². The second-order valence-corrected chi connectivity index (χ2v) is 6.08. The summed E-state index contributed by atoms with van der Waals surface area (Å²) in [6.45, 7) is 0. The van der Waals surface area contributed by atoms with Crippen LogP contribution in [0.5, 0.6) is 5.75 Å². The first-order valence-corrected chi connectivity index (χ1v) is 8.59. The maximum absolute atomic E-state index is 9.37. The number of aromatic nitrogens is 1. The molecule has 130 valence electrons. The van der Waals surface area contributed by atoms with Crippen molar-refractivity contribution in [3.63, 3.8) is 0 Å². The van der Waals surface area contributed by atoms with Crippen LogP contribution in [0, 0.1) is 11.3 Å². The number of H-pyrrole nitrogens is 1. The Morgan fingerprint density at radius 3 is 2.15 bits per heavy atom. The van der Waals surface area contributed by atoms with Crippen LogP contribution in [0.3, 0.4) is 0 Å². The number of aromatic amines is 1. The van der Waals surface area contributed by atoms with Gasteiger partial charge in [0, 0.05) is 28.8 Å². The number of nitrogens with zero attached hydrogens (tertiary/aromatic N) is 2. The SMILES string of the molecule is COc1cc(N=C(c2ccccc2)c2ccccc2)c2[nH]cc(C#N)c2c1. The molecule has 0 saturated heterocycles. The van der Waals surface area contributed by atoms with Gasteiger partial charge >= 0.3 is 0 Å². The molecule has 0 fully saturated rings.